The number of pyridine rings is 1. The molecule has 0 N–H and O–H groups in total. The minimum Gasteiger partial charge on any atom is -0.481 e. The minimum absolute atomic E-state index is 0.378. The molecular weight excluding hydrogens is 309 g/mol. The van der Waals surface area contributed by atoms with Crippen molar-refractivity contribution < 1.29 is 14.0 Å². The molecular formula is C13H19BBrNO3. The van der Waals surface area contributed by atoms with E-state index >= 15 is 0 Å². The van der Waals surface area contributed by atoms with Crippen LogP contribution >= 0.6 is 15.9 Å². The second-order valence-corrected chi connectivity index (χ2v) is 6.60. The summed E-state index contributed by atoms with van der Waals surface area (Å²) in [5.41, 5.74) is 1.11. The van der Waals surface area contributed by atoms with E-state index in [4.69, 9.17) is 14.0 Å². The molecule has 1 fully saturated rings. The van der Waals surface area contributed by atoms with Crippen molar-refractivity contribution in [1.82, 2.24) is 4.98 Å². The summed E-state index contributed by atoms with van der Waals surface area (Å²) in [6, 6.07) is 0. The maximum absolute atomic E-state index is 6.07. The second-order valence-electron chi connectivity index (χ2n) is 5.74. The maximum atomic E-state index is 6.07. The highest BCUT2D eigenvalue weighted by Gasteiger charge is 2.53. The Balaban J connectivity index is 2.47. The minimum atomic E-state index is -0.468. The van der Waals surface area contributed by atoms with Crippen LogP contribution in [0.2, 0.25) is 0 Å². The third-order valence-electron chi connectivity index (χ3n) is 3.97. The van der Waals surface area contributed by atoms with E-state index in [-0.39, 0.29) is 11.2 Å². The Labute approximate surface area is 123 Å². The highest BCUT2D eigenvalue weighted by Crippen LogP contribution is 2.37. The molecule has 6 heteroatoms. The lowest BCUT2D eigenvalue weighted by atomic mass is 9.77. The van der Waals surface area contributed by atoms with Gasteiger partial charge in [-0.05, 0) is 56.1 Å². The van der Waals surface area contributed by atoms with Crippen LogP contribution in [0.4, 0.5) is 0 Å². The molecule has 0 amide bonds. The van der Waals surface area contributed by atoms with Gasteiger partial charge >= 0.3 is 7.12 Å². The van der Waals surface area contributed by atoms with E-state index in [0.717, 1.165) is 15.5 Å². The van der Waals surface area contributed by atoms with Crippen LogP contribution in [0, 0.1) is 6.92 Å². The lowest BCUT2D eigenvalue weighted by molar-refractivity contribution is 0.00578. The molecule has 1 aliphatic heterocycles. The molecule has 1 aromatic rings. The largest absolute Gasteiger partial charge is 0.500 e. The van der Waals surface area contributed by atoms with Gasteiger partial charge in [-0.2, -0.15) is 0 Å². The van der Waals surface area contributed by atoms with E-state index in [1.165, 1.54) is 0 Å². The van der Waals surface area contributed by atoms with Crippen LogP contribution < -0.4 is 10.2 Å². The molecule has 2 rings (SSSR count). The van der Waals surface area contributed by atoms with Gasteiger partial charge in [0.15, 0.2) is 0 Å². The van der Waals surface area contributed by atoms with Crippen LogP contribution in [0.25, 0.3) is 0 Å². The smallest absolute Gasteiger partial charge is 0.481 e. The van der Waals surface area contributed by atoms with Crippen molar-refractivity contribution in [3.63, 3.8) is 0 Å². The topological polar surface area (TPSA) is 40.6 Å². The number of halogens is 1. The zero-order chi connectivity index (χ0) is 14.4. The molecule has 1 aromatic heterocycles. The molecule has 104 valence electrons. The monoisotopic (exact) mass is 327 g/mol. The molecule has 0 aliphatic carbocycles. The molecule has 0 saturated carbocycles. The fraction of sp³-hybridized carbons (Fsp3) is 0.615. The van der Waals surface area contributed by atoms with E-state index in [2.05, 4.69) is 20.9 Å². The Morgan fingerprint density at radius 3 is 2.21 bits per heavy atom. The average molecular weight is 328 g/mol. The number of nitrogens with zero attached hydrogens (tertiary/aromatic N) is 1. The lowest BCUT2D eigenvalue weighted by Gasteiger charge is -2.32. The van der Waals surface area contributed by atoms with E-state index in [1.54, 1.807) is 13.3 Å². The van der Waals surface area contributed by atoms with Crippen LogP contribution in [-0.2, 0) is 9.31 Å². The van der Waals surface area contributed by atoms with Gasteiger partial charge in [-0.1, -0.05) is 0 Å². The fourth-order valence-corrected chi connectivity index (χ4v) is 2.29. The molecule has 19 heavy (non-hydrogen) atoms. The predicted molar refractivity (Wildman–Crippen MR) is 78.9 cm³/mol. The first-order valence-electron chi connectivity index (χ1n) is 6.24. The van der Waals surface area contributed by atoms with Gasteiger partial charge < -0.3 is 14.0 Å². The first-order valence-corrected chi connectivity index (χ1v) is 7.03. The second kappa shape index (κ2) is 4.75. The van der Waals surface area contributed by atoms with Crippen molar-refractivity contribution in [3.05, 3.63) is 16.2 Å². The van der Waals surface area contributed by atoms with Crippen molar-refractivity contribution in [1.29, 1.82) is 0 Å². The summed E-state index contributed by atoms with van der Waals surface area (Å²) >= 11 is 3.48. The van der Waals surface area contributed by atoms with Gasteiger partial charge in [-0.3, -0.25) is 0 Å². The Morgan fingerprint density at radius 1 is 1.21 bits per heavy atom. The van der Waals surface area contributed by atoms with Gasteiger partial charge in [0.2, 0.25) is 5.88 Å². The van der Waals surface area contributed by atoms with Crippen molar-refractivity contribution in [3.8, 4) is 5.88 Å². The van der Waals surface area contributed by atoms with Gasteiger partial charge in [-0.15, -0.1) is 0 Å². The third-order valence-corrected chi connectivity index (χ3v) is 4.77. The molecule has 0 atom stereocenters. The summed E-state index contributed by atoms with van der Waals surface area (Å²) in [4.78, 5) is 4.27. The molecule has 0 spiro atoms. The summed E-state index contributed by atoms with van der Waals surface area (Å²) in [6.07, 6.45) is 1.73. The van der Waals surface area contributed by atoms with Crippen LogP contribution in [0.3, 0.4) is 0 Å². The van der Waals surface area contributed by atoms with Crippen LogP contribution in [0.1, 0.15) is 33.3 Å². The Bertz CT molecular complexity index is 489. The lowest BCUT2D eigenvalue weighted by Crippen LogP contribution is -2.41. The number of aromatic nitrogens is 1. The van der Waals surface area contributed by atoms with Gasteiger partial charge in [-0.25, -0.2) is 4.98 Å². The Kier molecular flexibility index (Phi) is 3.71. The summed E-state index contributed by atoms with van der Waals surface area (Å²) in [5, 5.41) is 0. The summed E-state index contributed by atoms with van der Waals surface area (Å²) in [5.74, 6) is 0.541. The number of ether oxygens (including phenoxy) is 1. The SMILES string of the molecule is COc1ncc(Br)c(C)c1B1OC(C)(C)C(C)(C)O1. The standard InChI is InChI=1S/C13H19BBrNO3/c1-8-9(15)7-16-11(17-6)10(8)14-18-12(2,3)13(4,5)19-14/h7H,1-6H3. The Hall–Kier alpha value is -0.585. The van der Waals surface area contributed by atoms with Crippen molar-refractivity contribution >= 4 is 28.5 Å². The Morgan fingerprint density at radius 2 is 1.74 bits per heavy atom. The molecule has 1 saturated heterocycles. The van der Waals surface area contributed by atoms with E-state index < -0.39 is 7.12 Å². The van der Waals surface area contributed by atoms with Gasteiger partial charge in [0.1, 0.15) is 0 Å². The summed E-state index contributed by atoms with van der Waals surface area (Å²) < 4.78 is 18.4. The van der Waals surface area contributed by atoms with Crippen LogP contribution in [0.5, 0.6) is 5.88 Å². The van der Waals surface area contributed by atoms with E-state index in [0.29, 0.717) is 5.88 Å². The number of methoxy groups -OCH3 is 1. The quantitative estimate of drug-likeness (QED) is 0.782. The van der Waals surface area contributed by atoms with Crippen LogP contribution in [0.15, 0.2) is 10.7 Å². The molecule has 0 radical (unpaired) electrons. The predicted octanol–water partition coefficient (Wildman–Crippen LogP) is 2.46. The summed E-state index contributed by atoms with van der Waals surface area (Å²) in [6.45, 7) is 10.1. The zero-order valence-electron chi connectivity index (χ0n) is 12.2. The van der Waals surface area contributed by atoms with Crippen molar-refractivity contribution in [2.24, 2.45) is 0 Å². The van der Waals surface area contributed by atoms with E-state index in [1.807, 2.05) is 34.6 Å². The first kappa shape index (κ1) is 14.8. The zero-order valence-corrected chi connectivity index (χ0v) is 13.8. The maximum Gasteiger partial charge on any atom is 0.500 e. The molecule has 0 aromatic carbocycles. The fourth-order valence-electron chi connectivity index (χ4n) is 1.97. The van der Waals surface area contributed by atoms with Gasteiger partial charge in [0.25, 0.3) is 0 Å². The highest BCUT2D eigenvalue weighted by atomic mass is 79.9. The molecule has 0 bridgehead atoms. The van der Waals surface area contributed by atoms with Gasteiger partial charge in [0, 0.05) is 16.1 Å². The average Bonchev–Trinajstić information content (AvgIpc) is 2.51. The number of hydrogen-bond donors (Lipinski definition) is 0. The normalized spacial score (nSPS) is 20.7. The highest BCUT2D eigenvalue weighted by molar-refractivity contribution is 9.10. The van der Waals surface area contributed by atoms with Crippen molar-refractivity contribution in [2.75, 3.05) is 7.11 Å². The molecule has 1 aliphatic rings. The van der Waals surface area contributed by atoms with Crippen LogP contribution in [-0.4, -0.2) is 30.4 Å². The number of rotatable bonds is 2. The molecule has 0 unspecified atom stereocenters. The van der Waals surface area contributed by atoms with Crippen molar-refractivity contribution in [2.45, 2.75) is 45.8 Å². The first-order chi connectivity index (χ1) is 8.69. The molecule has 2 heterocycles. The number of hydrogen-bond acceptors (Lipinski definition) is 4. The van der Waals surface area contributed by atoms with Gasteiger partial charge in [0.05, 0.1) is 18.3 Å². The third kappa shape index (κ3) is 2.41. The molecule has 4 nitrogen and oxygen atoms in total. The van der Waals surface area contributed by atoms with E-state index in [9.17, 15) is 0 Å². The summed E-state index contributed by atoms with van der Waals surface area (Å²) in [7, 11) is 1.13.